The van der Waals surface area contributed by atoms with Gasteiger partial charge in [-0.1, -0.05) is 31.5 Å². The van der Waals surface area contributed by atoms with E-state index in [9.17, 15) is 4.79 Å². The minimum Gasteiger partial charge on any atom is -0.385 e. The minimum atomic E-state index is 0.220. The molecule has 0 amide bonds. The lowest BCUT2D eigenvalue weighted by molar-refractivity contribution is -0.109. The molecule has 0 aliphatic rings. The van der Waals surface area contributed by atoms with Crippen molar-refractivity contribution in [2.75, 3.05) is 13.7 Å². The molecule has 0 unspecified atom stereocenters. The maximum absolute atomic E-state index is 10.9. The molecule has 0 aromatic carbocycles. The van der Waals surface area contributed by atoms with Gasteiger partial charge in [-0.15, -0.1) is 0 Å². The number of unbranched alkanes of at least 4 members (excludes halogenated alkanes) is 1. The van der Waals surface area contributed by atoms with Gasteiger partial charge in [0.15, 0.2) is 5.12 Å². The average molecular weight is 204 g/mol. The first-order valence-electron chi connectivity index (χ1n) is 4.86. The smallest absolute Gasteiger partial charge is 0.186 e. The van der Waals surface area contributed by atoms with E-state index in [1.165, 1.54) is 24.6 Å². The standard InChI is InChI=1S/C10H20O2S/c1-4-5-6-10(7-8-12-3)13-9(2)11/h10H,4-8H2,1-3H3/t10-/m0/s1. The second-order valence-electron chi connectivity index (χ2n) is 3.16. The fourth-order valence-electron chi connectivity index (χ4n) is 1.18. The highest BCUT2D eigenvalue weighted by Crippen LogP contribution is 2.21. The van der Waals surface area contributed by atoms with E-state index in [2.05, 4.69) is 6.92 Å². The van der Waals surface area contributed by atoms with Crippen LogP contribution in [0.15, 0.2) is 0 Å². The van der Waals surface area contributed by atoms with Crippen LogP contribution in [0.4, 0.5) is 0 Å². The third-order valence-corrected chi connectivity index (χ3v) is 2.99. The van der Waals surface area contributed by atoms with Gasteiger partial charge in [-0.25, -0.2) is 0 Å². The van der Waals surface area contributed by atoms with Gasteiger partial charge >= 0.3 is 0 Å². The Labute approximate surface area is 85.4 Å². The molecule has 78 valence electrons. The molecule has 0 radical (unpaired) electrons. The number of ether oxygens (including phenoxy) is 1. The van der Waals surface area contributed by atoms with E-state index in [1.807, 2.05) is 0 Å². The molecule has 0 fully saturated rings. The largest absolute Gasteiger partial charge is 0.385 e. The Hall–Kier alpha value is -0.0200. The van der Waals surface area contributed by atoms with Gasteiger partial charge in [-0.3, -0.25) is 4.79 Å². The van der Waals surface area contributed by atoms with Gasteiger partial charge in [0.2, 0.25) is 0 Å². The van der Waals surface area contributed by atoms with Gasteiger partial charge in [0.05, 0.1) is 0 Å². The Morgan fingerprint density at radius 1 is 1.46 bits per heavy atom. The van der Waals surface area contributed by atoms with Crippen LogP contribution in [0.3, 0.4) is 0 Å². The number of rotatable bonds is 7. The summed E-state index contributed by atoms with van der Waals surface area (Å²) in [7, 11) is 1.70. The monoisotopic (exact) mass is 204 g/mol. The van der Waals surface area contributed by atoms with Crippen LogP contribution >= 0.6 is 11.8 Å². The Morgan fingerprint density at radius 2 is 2.15 bits per heavy atom. The van der Waals surface area contributed by atoms with Crippen molar-refractivity contribution in [1.29, 1.82) is 0 Å². The average Bonchev–Trinajstić information content (AvgIpc) is 2.09. The summed E-state index contributed by atoms with van der Waals surface area (Å²) in [5.74, 6) is 0. The molecule has 0 aromatic heterocycles. The molecule has 13 heavy (non-hydrogen) atoms. The van der Waals surface area contributed by atoms with Crippen molar-refractivity contribution in [2.24, 2.45) is 0 Å². The Balaban J connectivity index is 3.66. The molecule has 0 bridgehead atoms. The lowest BCUT2D eigenvalue weighted by atomic mass is 10.1. The maximum atomic E-state index is 10.9. The first kappa shape index (κ1) is 13.0. The highest BCUT2D eigenvalue weighted by Gasteiger charge is 2.10. The molecular formula is C10H20O2S. The minimum absolute atomic E-state index is 0.220. The number of methoxy groups -OCH3 is 1. The zero-order valence-electron chi connectivity index (χ0n) is 8.84. The van der Waals surface area contributed by atoms with Gasteiger partial charge in [0, 0.05) is 25.9 Å². The topological polar surface area (TPSA) is 26.3 Å². The van der Waals surface area contributed by atoms with Crippen LogP contribution in [0.5, 0.6) is 0 Å². The summed E-state index contributed by atoms with van der Waals surface area (Å²) in [6, 6.07) is 0. The van der Waals surface area contributed by atoms with Gasteiger partial charge in [0.25, 0.3) is 0 Å². The van der Waals surface area contributed by atoms with Gasteiger partial charge in [-0.05, 0) is 12.8 Å². The molecule has 1 atom stereocenters. The molecule has 0 saturated carbocycles. The highest BCUT2D eigenvalue weighted by molar-refractivity contribution is 8.14. The summed E-state index contributed by atoms with van der Waals surface area (Å²) < 4.78 is 5.01. The fraction of sp³-hybridized carbons (Fsp3) is 0.900. The summed E-state index contributed by atoms with van der Waals surface area (Å²) >= 11 is 1.46. The van der Waals surface area contributed by atoms with Crippen molar-refractivity contribution in [3.63, 3.8) is 0 Å². The lowest BCUT2D eigenvalue weighted by Crippen LogP contribution is -2.08. The summed E-state index contributed by atoms with van der Waals surface area (Å²) in [4.78, 5) is 10.9. The van der Waals surface area contributed by atoms with E-state index in [-0.39, 0.29) is 5.12 Å². The molecule has 0 heterocycles. The van der Waals surface area contributed by atoms with Crippen molar-refractivity contribution in [2.45, 2.75) is 44.8 Å². The number of carbonyl (C=O) groups is 1. The molecule has 0 aromatic rings. The summed E-state index contributed by atoms with van der Waals surface area (Å²) in [6.07, 6.45) is 4.52. The van der Waals surface area contributed by atoms with E-state index in [1.54, 1.807) is 14.0 Å². The van der Waals surface area contributed by atoms with Crippen molar-refractivity contribution < 1.29 is 9.53 Å². The van der Waals surface area contributed by atoms with Gasteiger partial charge in [0.1, 0.15) is 0 Å². The number of thioether (sulfide) groups is 1. The molecule has 0 saturated heterocycles. The third kappa shape index (κ3) is 8.31. The van der Waals surface area contributed by atoms with Crippen LogP contribution in [-0.2, 0) is 9.53 Å². The summed E-state index contributed by atoms with van der Waals surface area (Å²) in [5, 5.41) is 0.676. The number of carbonyl (C=O) groups excluding carboxylic acids is 1. The molecule has 0 aliphatic carbocycles. The molecule has 0 N–H and O–H groups in total. The number of hydrogen-bond acceptors (Lipinski definition) is 3. The van der Waals surface area contributed by atoms with E-state index >= 15 is 0 Å². The zero-order chi connectivity index (χ0) is 10.1. The van der Waals surface area contributed by atoms with Crippen molar-refractivity contribution in [3.8, 4) is 0 Å². The first-order valence-corrected chi connectivity index (χ1v) is 5.74. The van der Waals surface area contributed by atoms with E-state index in [0.717, 1.165) is 19.4 Å². The normalized spacial score (nSPS) is 12.8. The van der Waals surface area contributed by atoms with Crippen LogP contribution in [0.1, 0.15) is 39.5 Å². The summed E-state index contributed by atoms with van der Waals surface area (Å²) in [6.45, 7) is 4.57. The Morgan fingerprint density at radius 3 is 2.62 bits per heavy atom. The van der Waals surface area contributed by atoms with Crippen LogP contribution in [0.2, 0.25) is 0 Å². The molecule has 0 spiro atoms. The molecule has 3 heteroatoms. The first-order chi connectivity index (χ1) is 6.20. The van der Waals surface area contributed by atoms with Crippen molar-refractivity contribution in [1.82, 2.24) is 0 Å². The SMILES string of the molecule is CCCC[C@@H](CCOC)SC(C)=O. The second-order valence-corrected chi connectivity index (χ2v) is 4.63. The van der Waals surface area contributed by atoms with Crippen LogP contribution in [0.25, 0.3) is 0 Å². The lowest BCUT2D eigenvalue weighted by Gasteiger charge is -2.13. The Bertz CT molecular complexity index is 129. The molecule has 2 nitrogen and oxygen atoms in total. The predicted octanol–water partition coefficient (Wildman–Crippen LogP) is 2.86. The zero-order valence-corrected chi connectivity index (χ0v) is 9.65. The van der Waals surface area contributed by atoms with Crippen molar-refractivity contribution >= 4 is 16.9 Å². The van der Waals surface area contributed by atoms with E-state index in [4.69, 9.17) is 4.74 Å². The summed E-state index contributed by atoms with van der Waals surface area (Å²) in [5.41, 5.74) is 0. The molecule has 0 rings (SSSR count). The predicted molar refractivity (Wildman–Crippen MR) is 58.1 cm³/mol. The van der Waals surface area contributed by atoms with Crippen LogP contribution < -0.4 is 0 Å². The van der Waals surface area contributed by atoms with Crippen LogP contribution in [0, 0.1) is 0 Å². The van der Waals surface area contributed by atoms with Crippen LogP contribution in [-0.4, -0.2) is 24.1 Å². The van der Waals surface area contributed by atoms with E-state index < -0.39 is 0 Å². The van der Waals surface area contributed by atoms with E-state index in [0.29, 0.717) is 5.25 Å². The fourth-order valence-corrected chi connectivity index (χ4v) is 2.15. The maximum Gasteiger partial charge on any atom is 0.186 e. The second kappa shape index (κ2) is 8.57. The highest BCUT2D eigenvalue weighted by atomic mass is 32.2. The third-order valence-electron chi connectivity index (χ3n) is 1.86. The Kier molecular flexibility index (Phi) is 8.56. The molecular weight excluding hydrogens is 184 g/mol. The van der Waals surface area contributed by atoms with Gasteiger partial charge in [-0.2, -0.15) is 0 Å². The molecule has 0 aliphatic heterocycles. The quantitative estimate of drug-likeness (QED) is 0.638. The number of hydrogen-bond donors (Lipinski definition) is 0. The van der Waals surface area contributed by atoms with Gasteiger partial charge < -0.3 is 4.74 Å². The van der Waals surface area contributed by atoms with Crippen molar-refractivity contribution in [3.05, 3.63) is 0 Å².